The lowest BCUT2D eigenvalue weighted by atomic mass is 10.1. The smallest absolute Gasteiger partial charge is 0.318 e. The van der Waals surface area contributed by atoms with E-state index in [0.29, 0.717) is 17.9 Å². The molecule has 2 heterocycles. The van der Waals surface area contributed by atoms with Crippen LogP contribution in [0.3, 0.4) is 0 Å². The van der Waals surface area contributed by atoms with Crippen molar-refractivity contribution in [2.45, 2.75) is 33.7 Å². The first-order valence-electron chi connectivity index (χ1n) is 7.94. The molecule has 1 fully saturated rings. The van der Waals surface area contributed by atoms with Crippen molar-refractivity contribution >= 4 is 6.01 Å². The highest BCUT2D eigenvalue weighted by atomic mass is 16.4. The first-order valence-corrected chi connectivity index (χ1v) is 7.94. The van der Waals surface area contributed by atoms with Crippen molar-refractivity contribution in [3.05, 3.63) is 29.3 Å². The van der Waals surface area contributed by atoms with Gasteiger partial charge in [0, 0.05) is 37.8 Å². The number of aromatic nitrogens is 2. The first-order chi connectivity index (χ1) is 10.5. The predicted octanol–water partition coefficient (Wildman–Crippen LogP) is 2.88. The SMILES string of the molecule is Cc1ccc(-c2nnc(N3CCN(C(C)C)CC3)o2)c(C)c1. The van der Waals surface area contributed by atoms with Gasteiger partial charge < -0.3 is 9.32 Å². The van der Waals surface area contributed by atoms with E-state index in [4.69, 9.17) is 4.42 Å². The molecule has 1 aromatic heterocycles. The van der Waals surface area contributed by atoms with Crippen molar-refractivity contribution < 1.29 is 4.42 Å². The van der Waals surface area contributed by atoms with Gasteiger partial charge in [-0.05, 0) is 39.3 Å². The van der Waals surface area contributed by atoms with Crippen LogP contribution in [0.5, 0.6) is 0 Å². The second-order valence-corrected chi connectivity index (χ2v) is 6.32. The number of hydrogen-bond acceptors (Lipinski definition) is 5. The summed E-state index contributed by atoms with van der Waals surface area (Å²) in [6, 6.07) is 7.50. The third-order valence-corrected chi connectivity index (χ3v) is 4.34. The van der Waals surface area contributed by atoms with E-state index < -0.39 is 0 Å². The Kier molecular flexibility index (Phi) is 4.16. The Morgan fingerprint density at radius 2 is 1.77 bits per heavy atom. The molecule has 3 rings (SSSR count). The van der Waals surface area contributed by atoms with Crippen LogP contribution in [0, 0.1) is 13.8 Å². The highest BCUT2D eigenvalue weighted by Gasteiger charge is 2.23. The number of rotatable bonds is 3. The van der Waals surface area contributed by atoms with Gasteiger partial charge in [0.15, 0.2) is 0 Å². The van der Waals surface area contributed by atoms with Gasteiger partial charge in [-0.15, -0.1) is 5.10 Å². The summed E-state index contributed by atoms with van der Waals surface area (Å²) in [5.74, 6) is 0.610. The van der Waals surface area contributed by atoms with Gasteiger partial charge >= 0.3 is 6.01 Å². The summed E-state index contributed by atoms with van der Waals surface area (Å²) in [7, 11) is 0. The normalized spacial score (nSPS) is 16.5. The van der Waals surface area contributed by atoms with E-state index in [1.54, 1.807) is 0 Å². The predicted molar refractivity (Wildman–Crippen MR) is 88.1 cm³/mol. The van der Waals surface area contributed by atoms with Crippen molar-refractivity contribution in [1.29, 1.82) is 0 Å². The lowest BCUT2D eigenvalue weighted by molar-refractivity contribution is 0.206. The van der Waals surface area contributed by atoms with Crippen LogP contribution in [-0.2, 0) is 0 Å². The van der Waals surface area contributed by atoms with Gasteiger partial charge in [-0.2, -0.15) is 0 Å². The fourth-order valence-electron chi connectivity index (χ4n) is 2.94. The first kappa shape index (κ1) is 15.0. The zero-order valence-corrected chi connectivity index (χ0v) is 13.8. The molecule has 1 aliphatic heterocycles. The van der Waals surface area contributed by atoms with Gasteiger partial charge in [0.1, 0.15) is 0 Å². The summed E-state index contributed by atoms with van der Waals surface area (Å²) in [5, 5.41) is 8.47. The molecule has 0 atom stereocenters. The average molecular weight is 300 g/mol. The molecular weight excluding hydrogens is 276 g/mol. The minimum atomic E-state index is 0.593. The fraction of sp³-hybridized carbons (Fsp3) is 0.529. The van der Waals surface area contributed by atoms with Crippen LogP contribution in [-0.4, -0.2) is 47.3 Å². The van der Waals surface area contributed by atoms with Crippen molar-refractivity contribution in [2.75, 3.05) is 31.1 Å². The highest BCUT2D eigenvalue weighted by molar-refractivity contribution is 5.59. The minimum absolute atomic E-state index is 0.593. The maximum Gasteiger partial charge on any atom is 0.318 e. The summed E-state index contributed by atoms with van der Waals surface area (Å²) in [6.45, 7) is 12.6. The molecule has 118 valence electrons. The van der Waals surface area contributed by atoms with Gasteiger partial charge in [-0.3, -0.25) is 4.90 Å². The standard InChI is InChI=1S/C17H24N4O/c1-12(2)20-7-9-21(10-8-20)17-19-18-16(22-17)15-6-5-13(3)11-14(15)4/h5-6,11-12H,7-10H2,1-4H3. The molecule has 1 aliphatic rings. The van der Waals surface area contributed by atoms with E-state index >= 15 is 0 Å². The molecule has 0 bridgehead atoms. The van der Waals surface area contributed by atoms with Crippen LogP contribution >= 0.6 is 0 Å². The van der Waals surface area contributed by atoms with Crippen LogP contribution in [0.25, 0.3) is 11.5 Å². The van der Waals surface area contributed by atoms with Crippen LogP contribution in [0.2, 0.25) is 0 Å². The van der Waals surface area contributed by atoms with E-state index in [9.17, 15) is 0 Å². The Morgan fingerprint density at radius 3 is 2.41 bits per heavy atom. The Balaban J connectivity index is 1.74. The van der Waals surface area contributed by atoms with Crippen LogP contribution in [0.4, 0.5) is 6.01 Å². The number of hydrogen-bond donors (Lipinski definition) is 0. The zero-order valence-electron chi connectivity index (χ0n) is 13.8. The second kappa shape index (κ2) is 6.08. The molecule has 0 aliphatic carbocycles. The molecule has 0 saturated carbocycles. The Hall–Kier alpha value is -1.88. The van der Waals surface area contributed by atoms with Crippen molar-refractivity contribution in [3.63, 3.8) is 0 Å². The summed E-state index contributed by atoms with van der Waals surface area (Å²) < 4.78 is 5.91. The lowest BCUT2D eigenvalue weighted by Gasteiger charge is -2.35. The van der Waals surface area contributed by atoms with Gasteiger partial charge in [-0.1, -0.05) is 22.8 Å². The van der Waals surface area contributed by atoms with E-state index in [1.807, 2.05) is 0 Å². The second-order valence-electron chi connectivity index (χ2n) is 6.32. The number of aryl methyl sites for hydroxylation is 2. The molecule has 0 unspecified atom stereocenters. The summed E-state index contributed by atoms with van der Waals surface area (Å²) in [4.78, 5) is 4.65. The number of anilines is 1. The molecule has 2 aromatic rings. The van der Waals surface area contributed by atoms with Gasteiger partial charge in [0.05, 0.1) is 0 Å². The molecule has 1 aromatic carbocycles. The third kappa shape index (κ3) is 2.99. The topological polar surface area (TPSA) is 45.4 Å². The molecule has 0 amide bonds. The molecule has 0 N–H and O–H groups in total. The zero-order chi connectivity index (χ0) is 15.7. The monoisotopic (exact) mass is 300 g/mol. The van der Waals surface area contributed by atoms with Crippen LogP contribution < -0.4 is 4.90 Å². The largest absolute Gasteiger partial charge is 0.403 e. The van der Waals surface area contributed by atoms with E-state index in [0.717, 1.165) is 31.7 Å². The van der Waals surface area contributed by atoms with Crippen molar-refractivity contribution in [1.82, 2.24) is 15.1 Å². The number of piperazine rings is 1. The van der Waals surface area contributed by atoms with E-state index in [2.05, 4.69) is 65.9 Å². The van der Waals surface area contributed by atoms with E-state index in [-0.39, 0.29) is 0 Å². The Bertz CT molecular complexity index is 642. The quantitative estimate of drug-likeness (QED) is 0.872. The number of nitrogens with zero attached hydrogens (tertiary/aromatic N) is 4. The van der Waals surface area contributed by atoms with Crippen molar-refractivity contribution in [3.8, 4) is 11.5 Å². The van der Waals surface area contributed by atoms with Gasteiger partial charge in [0.2, 0.25) is 5.89 Å². The molecular formula is C17H24N4O. The minimum Gasteiger partial charge on any atom is -0.403 e. The molecule has 0 radical (unpaired) electrons. The highest BCUT2D eigenvalue weighted by Crippen LogP contribution is 2.26. The van der Waals surface area contributed by atoms with Crippen molar-refractivity contribution in [2.24, 2.45) is 0 Å². The van der Waals surface area contributed by atoms with Crippen LogP contribution in [0.15, 0.2) is 22.6 Å². The fourth-order valence-corrected chi connectivity index (χ4v) is 2.94. The van der Waals surface area contributed by atoms with Gasteiger partial charge in [0.25, 0.3) is 0 Å². The summed E-state index contributed by atoms with van der Waals surface area (Å²) >= 11 is 0. The van der Waals surface area contributed by atoms with Gasteiger partial charge in [-0.25, -0.2) is 0 Å². The maximum atomic E-state index is 5.91. The molecule has 5 heteroatoms. The average Bonchev–Trinajstić information content (AvgIpc) is 2.97. The Labute approximate surface area is 131 Å². The molecule has 1 saturated heterocycles. The van der Waals surface area contributed by atoms with Crippen LogP contribution in [0.1, 0.15) is 25.0 Å². The number of benzene rings is 1. The third-order valence-electron chi connectivity index (χ3n) is 4.34. The lowest BCUT2D eigenvalue weighted by Crippen LogP contribution is -2.49. The van der Waals surface area contributed by atoms with E-state index in [1.165, 1.54) is 11.1 Å². The molecule has 5 nitrogen and oxygen atoms in total. The summed E-state index contributed by atoms with van der Waals surface area (Å²) in [6.07, 6.45) is 0. The summed E-state index contributed by atoms with van der Waals surface area (Å²) in [5.41, 5.74) is 3.43. The molecule has 0 spiro atoms. The Morgan fingerprint density at radius 1 is 1.05 bits per heavy atom. The molecule has 22 heavy (non-hydrogen) atoms. The maximum absolute atomic E-state index is 5.91.